The van der Waals surface area contributed by atoms with E-state index in [0.29, 0.717) is 0 Å². The lowest BCUT2D eigenvalue weighted by Gasteiger charge is -2.25. The Morgan fingerprint density at radius 1 is 1.18 bits per heavy atom. The molecule has 0 radical (unpaired) electrons. The zero-order chi connectivity index (χ0) is 7.84. The molecule has 2 rings (SSSR count). The molecule has 0 aromatic rings. The van der Waals surface area contributed by atoms with E-state index in [1.54, 1.807) is 0 Å². The molecule has 2 aliphatic carbocycles. The van der Waals surface area contributed by atoms with Crippen LogP contribution < -0.4 is 0 Å². The Bertz CT molecular complexity index is 132. The Hall–Kier alpha value is -0.0400. The van der Waals surface area contributed by atoms with Crippen molar-refractivity contribution in [2.45, 2.75) is 51.6 Å². The maximum Gasteiger partial charge on any atom is 0.00992 e. The highest BCUT2D eigenvalue weighted by molar-refractivity contribution is 4.89. The molecule has 2 saturated carbocycles. The molecule has 64 valence electrons. The first-order chi connectivity index (χ1) is 5.27. The minimum absolute atomic E-state index is 0.781. The lowest BCUT2D eigenvalue weighted by atomic mass is 10.2. The van der Waals surface area contributed by atoms with Gasteiger partial charge in [0.1, 0.15) is 0 Å². The monoisotopic (exact) mass is 153 g/mol. The Kier molecular flexibility index (Phi) is 1.92. The lowest BCUT2D eigenvalue weighted by Crippen LogP contribution is -2.34. The van der Waals surface area contributed by atoms with Gasteiger partial charge in [0, 0.05) is 18.6 Å². The standard InChI is InChI=1S/C10H19N/c1-8(2)11(10-5-6-10)7-9-3-4-9/h8-10H,3-7H2,1-2H3. The molecule has 0 aromatic carbocycles. The Balaban J connectivity index is 1.81. The fourth-order valence-corrected chi connectivity index (χ4v) is 1.79. The smallest absolute Gasteiger partial charge is 0.00992 e. The van der Waals surface area contributed by atoms with Gasteiger partial charge in [0.05, 0.1) is 0 Å². The second kappa shape index (κ2) is 2.78. The maximum absolute atomic E-state index is 2.71. The van der Waals surface area contributed by atoms with E-state index in [-0.39, 0.29) is 0 Å². The van der Waals surface area contributed by atoms with Crippen molar-refractivity contribution in [3.8, 4) is 0 Å². The third-order valence-corrected chi connectivity index (χ3v) is 2.85. The van der Waals surface area contributed by atoms with E-state index in [0.717, 1.165) is 18.0 Å². The third-order valence-electron chi connectivity index (χ3n) is 2.85. The summed E-state index contributed by atoms with van der Waals surface area (Å²) in [6, 6.07) is 1.75. The first-order valence-electron chi connectivity index (χ1n) is 5.03. The normalized spacial score (nSPS) is 25.1. The third kappa shape index (κ3) is 1.96. The zero-order valence-electron chi connectivity index (χ0n) is 7.71. The summed E-state index contributed by atoms with van der Waals surface area (Å²) in [5, 5.41) is 0. The molecular weight excluding hydrogens is 134 g/mol. The van der Waals surface area contributed by atoms with E-state index >= 15 is 0 Å². The number of rotatable bonds is 4. The van der Waals surface area contributed by atoms with Crippen LogP contribution in [0.5, 0.6) is 0 Å². The van der Waals surface area contributed by atoms with Crippen LogP contribution >= 0.6 is 0 Å². The van der Waals surface area contributed by atoms with Crippen LogP contribution in [0.25, 0.3) is 0 Å². The van der Waals surface area contributed by atoms with Crippen LogP contribution in [-0.2, 0) is 0 Å². The van der Waals surface area contributed by atoms with Gasteiger partial charge in [-0.15, -0.1) is 0 Å². The zero-order valence-corrected chi connectivity index (χ0v) is 7.71. The summed E-state index contributed by atoms with van der Waals surface area (Å²) < 4.78 is 0. The molecule has 0 spiro atoms. The lowest BCUT2D eigenvalue weighted by molar-refractivity contribution is 0.202. The maximum atomic E-state index is 2.71. The van der Waals surface area contributed by atoms with Crippen LogP contribution in [0, 0.1) is 5.92 Å². The van der Waals surface area contributed by atoms with Gasteiger partial charge in [-0.2, -0.15) is 0 Å². The second-order valence-electron chi connectivity index (χ2n) is 4.47. The van der Waals surface area contributed by atoms with Crippen molar-refractivity contribution in [3.05, 3.63) is 0 Å². The van der Waals surface area contributed by atoms with E-state index in [1.165, 1.54) is 32.2 Å². The summed E-state index contributed by atoms with van der Waals surface area (Å²) in [4.78, 5) is 2.71. The summed E-state index contributed by atoms with van der Waals surface area (Å²) in [5.74, 6) is 1.07. The van der Waals surface area contributed by atoms with Gasteiger partial charge in [0.2, 0.25) is 0 Å². The van der Waals surface area contributed by atoms with Crippen molar-refractivity contribution in [2.75, 3.05) is 6.54 Å². The van der Waals surface area contributed by atoms with Gasteiger partial charge in [-0.3, -0.25) is 4.90 Å². The Morgan fingerprint density at radius 3 is 2.18 bits per heavy atom. The number of nitrogens with zero attached hydrogens (tertiary/aromatic N) is 1. The van der Waals surface area contributed by atoms with Gasteiger partial charge < -0.3 is 0 Å². The van der Waals surface area contributed by atoms with Crippen LogP contribution in [0.4, 0.5) is 0 Å². The van der Waals surface area contributed by atoms with Crippen molar-refractivity contribution in [2.24, 2.45) is 5.92 Å². The summed E-state index contributed by atoms with van der Waals surface area (Å²) in [7, 11) is 0. The molecule has 0 amide bonds. The van der Waals surface area contributed by atoms with Crippen LogP contribution in [-0.4, -0.2) is 23.5 Å². The molecule has 0 unspecified atom stereocenters. The second-order valence-corrected chi connectivity index (χ2v) is 4.47. The predicted molar refractivity (Wildman–Crippen MR) is 47.6 cm³/mol. The molecule has 0 atom stereocenters. The van der Waals surface area contributed by atoms with Gasteiger partial charge in [-0.1, -0.05) is 0 Å². The van der Waals surface area contributed by atoms with Crippen molar-refractivity contribution >= 4 is 0 Å². The van der Waals surface area contributed by atoms with E-state index < -0.39 is 0 Å². The van der Waals surface area contributed by atoms with Crippen molar-refractivity contribution in [1.82, 2.24) is 4.90 Å². The van der Waals surface area contributed by atoms with Crippen LogP contribution in [0.15, 0.2) is 0 Å². The molecule has 1 nitrogen and oxygen atoms in total. The van der Waals surface area contributed by atoms with Crippen molar-refractivity contribution in [1.29, 1.82) is 0 Å². The molecular formula is C10H19N. The molecule has 0 aromatic heterocycles. The quantitative estimate of drug-likeness (QED) is 0.599. The van der Waals surface area contributed by atoms with E-state index in [4.69, 9.17) is 0 Å². The van der Waals surface area contributed by atoms with Gasteiger partial charge in [-0.05, 0) is 45.4 Å². The predicted octanol–water partition coefficient (Wildman–Crippen LogP) is 2.27. The van der Waals surface area contributed by atoms with Crippen molar-refractivity contribution in [3.63, 3.8) is 0 Å². The van der Waals surface area contributed by atoms with E-state index in [2.05, 4.69) is 18.7 Å². The fourth-order valence-electron chi connectivity index (χ4n) is 1.79. The molecule has 0 aliphatic heterocycles. The summed E-state index contributed by atoms with van der Waals surface area (Å²) >= 11 is 0. The molecule has 0 bridgehead atoms. The molecule has 2 fully saturated rings. The fraction of sp³-hybridized carbons (Fsp3) is 1.00. The minimum Gasteiger partial charge on any atom is -0.298 e. The van der Waals surface area contributed by atoms with Gasteiger partial charge in [-0.25, -0.2) is 0 Å². The van der Waals surface area contributed by atoms with Gasteiger partial charge in [0.15, 0.2) is 0 Å². The topological polar surface area (TPSA) is 3.24 Å². The summed E-state index contributed by atoms with van der Waals surface area (Å²) in [6.45, 7) is 6.06. The van der Waals surface area contributed by atoms with Gasteiger partial charge in [0.25, 0.3) is 0 Å². The van der Waals surface area contributed by atoms with E-state index in [1.807, 2.05) is 0 Å². The number of hydrogen-bond donors (Lipinski definition) is 0. The van der Waals surface area contributed by atoms with Crippen LogP contribution in [0.2, 0.25) is 0 Å². The molecule has 2 aliphatic rings. The highest BCUT2D eigenvalue weighted by Crippen LogP contribution is 2.35. The molecule has 0 saturated heterocycles. The minimum atomic E-state index is 0.781. The average Bonchev–Trinajstić information content (AvgIpc) is 2.78. The van der Waals surface area contributed by atoms with Gasteiger partial charge >= 0.3 is 0 Å². The SMILES string of the molecule is CC(C)N(CC1CC1)C1CC1. The molecule has 11 heavy (non-hydrogen) atoms. The van der Waals surface area contributed by atoms with E-state index in [9.17, 15) is 0 Å². The Morgan fingerprint density at radius 2 is 1.82 bits per heavy atom. The largest absolute Gasteiger partial charge is 0.298 e. The highest BCUT2D eigenvalue weighted by Gasteiger charge is 2.34. The highest BCUT2D eigenvalue weighted by atomic mass is 15.2. The summed E-state index contributed by atoms with van der Waals surface area (Å²) in [5.41, 5.74) is 0. The average molecular weight is 153 g/mol. The molecule has 1 heteroatoms. The van der Waals surface area contributed by atoms with Crippen LogP contribution in [0.1, 0.15) is 39.5 Å². The summed E-state index contributed by atoms with van der Waals surface area (Å²) in [6.07, 6.45) is 5.92. The van der Waals surface area contributed by atoms with Crippen LogP contribution in [0.3, 0.4) is 0 Å². The number of hydrogen-bond acceptors (Lipinski definition) is 1. The van der Waals surface area contributed by atoms with Crippen molar-refractivity contribution < 1.29 is 0 Å². The molecule has 0 heterocycles. The first kappa shape index (κ1) is 7.60. The first-order valence-corrected chi connectivity index (χ1v) is 5.03. The Labute approximate surface area is 69.8 Å². The molecule has 0 N–H and O–H groups in total.